The minimum atomic E-state index is -3.82. The van der Waals surface area contributed by atoms with Crippen molar-refractivity contribution in [1.82, 2.24) is 0 Å². The normalized spacial score (nSPS) is 42.3. The summed E-state index contributed by atoms with van der Waals surface area (Å²) in [6, 6.07) is -1.23. The maximum Gasteiger partial charge on any atom is 0.325 e. The van der Waals surface area contributed by atoms with Crippen LogP contribution >= 0.6 is 7.60 Å². The molecule has 0 aromatic heterocycles. The molecule has 5 nitrogen and oxygen atoms in total. The fraction of sp³-hybridized carbons (Fsp3) is 1.00. The Labute approximate surface area is 82.2 Å². The van der Waals surface area contributed by atoms with E-state index in [1.54, 1.807) is 0 Å². The summed E-state index contributed by atoms with van der Waals surface area (Å²) < 4.78 is 33.4. The third-order valence-electron chi connectivity index (χ3n) is 1.82. The number of hydrogen-bond acceptors (Lipinski definition) is 4. The standard InChI is InChI=1S/C6H11BFO5P/c1-14(10,11)13-5-3(2-9)12-6(7)4(5)8/h3-6,9H,2H2,1H3,(H,10,11)/t3-,4?,5?,6-/m1/s1. The molecule has 1 aliphatic rings. The van der Waals surface area contributed by atoms with E-state index in [4.69, 9.17) is 22.6 Å². The van der Waals surface area contributed by atoms with Crippen molar-refractivity contribution in [3.05, 3.63) is 0 Å². The van der Waals surface area contributed by atoms with Gasteiger partial charge in [0, 0.05) is 6.66 Å². The molecule has 0 saturated carbocycles. The molecule has 1 rings (SSSR count). The van der Waals surface area contributed by atoms with Crippen molar-refractivity contribution < 1.29 is 28.2 Å². The van der Waals surface area contributed by atoms with Crippen molar-refractivity contribution in [2.75, 3.05) is 13.3 Å². The van der Waals surface area contributed by atoms with E-state index in [0.29, 0.717) is 0 Å². The van der Waals surface area contributed by atoms with Gasteiger partial charge in [-0.25, -0.2) is 4.39 Å². The summed E-state index contributed by atoms with van der Waals surface area (Å²) in [6.45, 7) is 0.413. The predicted octanol–water partition coefficient (Wildman–Crippen LogP) is -0.589. The van der Waals surface area contributed by atoms with E-state index in [-0.39, 0.29) is 0 Å². The summed E-state index contributed by atoms with van der Waals surface area (Å²) in [5.41, 5.74) is 0. The summed E-state index contributed by atoms with van der Waals surface area (Å²) in [4.78, 5) is 8.88. The van der Waals surface area contributed by atoms with Crippen LogP contribution in [0.5, 0.6) is 0 Å². The van der Waals surface area contributed by atoms with Crippen LogP contribution in [0.2, 0.25) is 0 Å². The van der Waals surface area contributed by atoms with Gasteiger partial charge in [-0.05, 0) is 0 Å². The van der Waals surface area contributed by atoms with Gasteiger partial charge in [0.05, 0.1) is 12.6 Å². The third kappa shape index (κ3) is 2.78. The molecular formula is C6H11BFO5P. The zero-order valence-electron chi connectivity index (χ0n) is 7.54. The Hall–Kier alpha value is 0.0649. The first-order chi connectivity index (χ1) is 6.35. The molecule has 0 bridgehead atoms. The lowest BCUT2D eigenvalue weighted by Gasteiger charge is -2.19. The molecule has 0 amide bonds. The number of ether oxygens (including phenoxy) is 1. The molecule has 14 heavy (non-hydrogen) atoms. The lowest BCUT2D eigenvalue weighted by atomic mass is 9.94. The fourth-order valence-electron chi connectivity index (χ4n) is 1.25. The van der Waals surface area contributed by atoms with Crippen molar-refractivity contribution in [1.29, 1.82) is 0 Å². The van der Waals surface area contributed by atoms with Gasteiger partial charge in [0.25, 0.3) is 0 Å². The number of alkyl halides is 1. The Morgan fingerprint density at radius 2 is 2.29 bits per heavy atom. The van der Waals surface area contributed by atoms with Crippen LogP contribution in [0.25, 0.3) is 0 Å². The van der Waals surface area contributed by atoms with Gasteiger partial charge in [0.2, 0.25) is 0 Å². The van der Waals surface area contributed by atoms with Crippen LogP contribution in [-0.2, 0) is 13.8 Å². The van der Waals surface area contributed by atoms with E-state index in [0.717, 1.165) is 6.66 Å². The van der Waals surface area contributed by atoms with Gasteiger partial charge in [-0.3, -0.25) is 9.09 Å². The molecule has 1 heterocycles. The van der Waals surface area contributed by atoms with Gasteiger partial charge in [-0.1, -0.05) is 0 Å². The number of rotatable bonds is 3. The van der Waals surface area contributed by atoms with E-state index in [2.05, 4.69) is 4.52 Å². The second kappa shape index (κ2) is 4.29. The minimum Gasteiger partial charge on any atom is -0.394 e. The maximum atomic E-state index is 13.2. The average molecular weight is 224 g/mol. The zero-order chi connectivity index (χ0) is 10.9. The topological polar surface area (TPSA) is 76.0 Å². The lowest BCUT2D eigenvalue weighted by Crippen LogP contribution is -2.33. The number of aliphatic hydroxyl groups is 1. The number of hydrogen-bond donors (Lipinski definition) is 2. The highest BCUT2D eigenvalue weighted by molar-refractivity contribution is 7.51. The van der Waals surface area contributed by atoms with Crippen LogP contribution in [-0.4, -0.2) is 55.5 Å². The molecule has 1 saturated heterocycles. The average Bonchev–Trinajstić information content (AvgIpc) is 2.30. The summed E-state index contributed by atoms with van der Waals surface area (Å²) >= 11 is 0. The highest BCUT2D eigenvalue weighted by Gasteiger charge is 2.45. The largest absolute Gasteiger partial charge is 0.394 e. The van der Waals surface area contributed by atoms with Crippen molar-refractivity contribution >= 4 is 15.4 Å². The molecule has 0 spiro atoms. The molecule has 3 unspecified atom stereocenters. The van der Waals surface area contributed by atoms with E-state index in [1.165, 1.54) is 0 Å². The molecule has 8 heteroatoms. The van der Waals surface area contributed by atoms with Gasteiger partial charge >= 0.3 is 7.60 Å². The first kappa shape index (κ1) is 12.1. The Morgan fingerprint density at radius 1 is 1.71 bits per heavy atom. The van der Waals surface area contributed by atoms with E-state index >= 15 is 0 Å². The van der Waals surface area contributed by atoms with Crippen LogP contribution in [0.3, 0.4) is 0 Å². The third-order valence-corrected chi connectivity index (χ3v) is 2.46. The number of halogens is 1. The molecule has 2 N–H and O–H groups in total. The Balaban J connectivity index is 2.69. The zero-order valence-corrected chi connectivity index (χ0v) is 8.43. The molecule has 5 atom stereocenters. The summed E-state index contributed by atoms with van der Waals surface area (Å²) in [7, 11) is 1.38. The molecule has 1 fully saturated rings. The van der Waals surface area contributed by atoms with Crippen LogP contribution in [0, 0.1) is 0 Å². The summed E-state index contributed by atoms with van der Waals surface area (Å²) in [6.07, 6.45) is -4.01. The summed E-state index contributed by atoms with van der Waals surface area (Å²) in [5, 5.41) is 8.77. The van der Waals surface area contributed by atoms with Crippen molar-refractivity contribution in [2.45, 2.75) is 24.4 Å². The van der Waals surface area contributed by atoms with Gasteiger partial charge in [0.1, 0.15) is 26.2 Å². The van der Waals surface area contributed by atoms with Gasteiger partial charge in [0.15, 0.2) is 0 Å². The van der Waals surface area contributed by atoms with Crippen molar-refractivity contribution in [2.24, 2.45) is 0 Å². The second-order valence-corrected chi connectivity index (χ2v) is 4.96. The number of aliphatic hydroxyl groups excluding tert-OH is 1. The van der Waals surface area contributed by atoms with Crippen molar-refractivity contribution in [3.8, 4) is 0 Å². The van der Waals surface area contributed by atoms with E-state index < -0.39 is 38.6 Å². The van der Waals surface area contributed by atoms with Gasteiger partial charge in [-0.2, -0.15) is 0 Å². The Kier molecular flexibility index (Phi) is 3.72. The monoisotopic (exact) mass is 224 g/mol. The van der Waals surface area contributed by atoms with Crippen LogP contribution < -0.4 is 0 Å². The molecule has 0 aromatic carbocycles. The molecule has 0 aliphatic carbocycles. The quantitative estimate of drug-likeness (QED) is 0.495. The van der Waals surface area contributed by atoms with Crippen LogP contribution in [0.4, 0.5) is 4.39 Å². The SMILES string of the molecule is [B][C@@H]1O[C@H](CO)C(OP(C)(=O)O)C1F. The minimum absolute atomic E-state index is 0.515. The van der Waals surface area contributed by atoms with E-state index in [1.807, 2.05) is 0 Å². The van der Waals surface area contributed by atoms with Crippen LogP contribution in [0.15, 0.2) is 0 Å². The van der Waals surface area contributed by atoms with Crippen LogP contribution in [0.1, 0.15) is 0 Å². The maximum absolute atomic E-state index is 13.2. The summed E-state index contributed by atoms with van der Waals surface area (Å²) in [5.74, 6) is 0. The lowest BCUT2D eigenvalue weighted by molar-refractivity contribution is 0.000581. The Bertz CT molecular complexity index is 246. The molecule has 80 valence electrons. The smallest absolute Gasteiger partial charge is 0.325 e. The fourth-order valence-corrected chi connectivity index (χ4v) is 1.95. The highest BCUT2D eigenvalue weighted by atomic mass is 31.2. The van der Waals surface area contributed by atoms with Gasteiger partial charge in [-0.15, -0.1) is 0 Å². The molecule has 2 radical (unpaired) electrons. The first-order valence-corrected chi connectivity index (χ1v) is 6.02. The Morgan fingerprint density at radius 3 is 2.71 bits per heavy atom. The molecule has 0 aromatic rings. The van der Waals surface area contributed by atoms with Gasteiger partial charge < -0.3 is 14.7 Å². The first-order valence-electron chi connectivity index (χ1n) is 4.00. The molecule has 1 aliphatic heterocycles. The molecular weight excluding hydrogens is 213 g/mol. The van der Waals surface area contributed by atoms with Crippen molar-refractivity contribution in [3.63, 3.8) is 0 Å². The predicted molar refractivity (Wildman–Crippen MR) is 47.0 cm³/mol. The van der Waals surface area contributed by atoms with E-state index in [9.17, 15) is 8.96 Å². The second-order valence-electron chi connectivity index (χ2n) is 3.14. The highest BCUT2D eigenvalue weighted by Crippen LogP contribution is 2.42.